The molecular weight excluding hydrogens is 266 g/mol. The molecule has 2 N–H and O–H groups in total. The Morgan fingerprint density at radius 1 is 1.43 bits per heavy atom. The van der Waals surface area contributed by atoms with E-state index in [1.54, 1.807) is 0 Å². The van der Waals surface area contributed by atoms with Crippen molar-refractivity contribution in [2.45, 2.75) is 31.6 Å². The van der Waals surface area contributed by atoms with Crippen molar-refractivity contribution >= 4 is 5.97 Å². The number of aryl methyl sites for hydroxylation is 1. The van der Waals surface area contributed by atoms with Crippen LogP contribution in [-0.4, -0.2) is 32.8 Å². The maximum absolute atomic E-state index is 12.5. The molecule has 1 aliphatic heterocycles. The van der Waals surface area contributed by atoms with Gasteiger partial charge < -0.3 is 15.2 Å². The van der Waals surface area contributed by atoms with Crippen molar-refractivity contribution in [1.29, 1.82) is 0 Å². The SMILES string of the molecule is COC(=O)C(CN)(CC1CCOCC1)c1cccc(C)c1. The van der Waals surface area contributed by atoms with Gasteiger partial charge >= 0.3 is 5.97 Å². The maximum Gasteiger partial charge on any atom is 0.317 e. The first-order valence-electron chi connectivity index (χ1n) is 7.56. The molecular formula is C17H25NO3. The van der Waals surface area contributed by atoms with Crippen LogP contribution in [0.1, 0.15) is 30.4 Å². The minimum atomic E-state index is -0.747. The number of nitrogens with two attached hydrogens (primary N) is 1. The Hall–Kier alpha value is -1.39. The Kier molecular flexibility index (Phi) is 5.37. The fourth-order valence-electron chi connectivity index (χ4n) is 3.18. The molecule has 0 bridgehead atoms. The second kappa shape index (κ2) is 7.05. The standard InChI is InChI=1S/C17H25NO3/c1-13-4-3-5-15(10-13)17(12-18,16(19)20-2)11-14-6-8-21-9-7-14/h3-5,10,14H,6-9,11-12,18H2,1-2H3. The predicted molar refractivity (Wildman–Crippen MR) is 82.1 cm³/mol. The van der Waals surface area contributed by atoms with E-state index in [9.17, 15) is 4.79 Å². The van der Waals surface area contributed by atoms with Crippen LogP contribution in [-0.2, 0) is 19.7 Å². The lowest BCUT2D eigenvalue weighted by Crippen LogP contribution is -2.46. The van der Waals surface area contributed by atoms with Crippen LogP contribution in [0.5, 0.6) is 0 Å². The Labute approximate surface area is 126 Å². The summed E-state index contributed by atoms with van der Waals surface area (Å²) in [5.74, 6) is 0.212. The number of esters is 1. The van der Waals surface area contributed by atoms with Crippen LogP contribution in [0.3, 0.4) is 0 Å². The predicted octanol–water partition coefficient (Wildman–Crippen LogP) is 2.18. The summed E-state index contributed by atoms with van der Waals surface area (Å²) in [4.78, 5) is 12.5. The second-order valence-electron chi connectivity index (χ2n) is 5.91. The number of rotatable bonds is 5. The van der Waals surface area contributed by atoms with E-state index < -0.39 is 5.41 Å². The lowest BCUT2D eigenvalue weighted by molar-refractivity contribution is -0.148. The smallest absolute Gasteiger partial charge is 0.317 e. The van der Waals surface area contributed by atoms with Gasteiger partial charge in [-0.05, 0) is 37.7 Å². The van der Waals surface area contributed by atoms with E-state index in [2.05, 4.69) is 0 Å². The summed E-state index contributed by atoms with van der Waals surface area (Å²) in [6.07, 6.45) is 2.68. The normalized spacial score (nSPS) is 19.0. The minimum Gasteiger partial charge on any atom is -0.468 e. The molecule has 0 aromatic heterocycles. The molecule has 21 heavy (non-hydrogen) atoms. The van der Waals surface area contributed by atoms with Gasteiger partial charge in [-0.25, -0.2) is 0 Å². The van der Waals surface area contributed by atoms with Crippen molar-refractivity contribution in [3.05, 3.63) is 35.4 Å². The molecule has 1 unspecified atom stereocenters. The molecule has 0 radical (unpaired) electrons. The van der Waals surface area contributed by atoms with Gasteiger partial charge in [0.25, 0.3) is 0 Å². The Balaban J connectivity index is 2.34. The molecule has 1 aromatic rings. The van der Waals surface area contributed by atoms with E-state index in [1.165, 1.54) is 7.11 Å². The zero-order valence-corrected chi connectivity index (χ0v) is 12.9. The number of benzene rings is 1. The summed E-state index contributed by atoms with van der Waals surface area (Å²) in [5, 5.41) is 0. The molecule has 0 spiro atoms. The van der Waals surface area contributed by atoms with E-state index in [0.717, 1.165) is 43.6 Å². The van der Waals surface area contributed by atoms with Crippen molar-refractivity contribution < 1.29 is 14.3 Å². The topological polar surface area (TPSA) is 61.5 Å². The van der Waals surface area contributed by atoms with Gasteiger partial charge in [-0.2, -0.15) is 0 Å². The average molecular weight is 291 g/mol. The van der Waals surface area contributed by atoms with Crippen molar-refractivity contribution in [3.8, 4) is 0 Å². The van der Waals surface area contributed by atoms with Crippen LogP contribution < -0.4 is 5.73 Å². The van der Waals surface area contributed by atoms with Gasteiger partial charge in [0.1, 0.15) is 5.41 Å². The van der Waals surface area contributed by atoms with Gasteiger partial charge in [-0.15, -0.1) is 0 Å². The van der Waals surface area contributed by atoms with E-state index in [0.29, 0.717) is 5.92 Å². The number of carbonyl (C=O) groups is 1. The first-order valence-corrected chi connectivity index (χ1v) is 7.56. The fourth-order valence-corrected chi connectivity index (χ4v) is 3.18. The van der Waals surface area contributed by atoms with Crippen molar-refractivity contribution in [3.63, 3.8) is 0 Å². The van der Waals surface area contributed by atoms with E-state index in [4.69, 9.17) is 15.2 Å². The highest BCUT2D eigenvalue weighted by Gasteiger charge is 2.42. The van der Waals surface area contributed by atoms with Gasteiger partial charge in [0.2, 0.25) is 0 Å². The third kappa shape index (κ3) is 3.44. The number of methoxy groups -OCH3 is 1. The third-order valence-electron chi connectivity index (χ3n) is 4.47. The molecule has 0 amide bonds. The summed E-state index contributed by atoms with van der Waals surface area (Å²) in [7, 11) is 1.44. The van der Waals surface area contributed by atoms with Gasteiger partial charge in [0, 0.05) is 19.8 Å². The van der Waals surface area contributed by atoms with Gasteiger partial charge in [-0.1, -0.05) is 29.8 Å². The second-order valence-corrected chi connectivity index (χ2v) is 5.91. The molecule has 116 valence electrons. The maximum atomic E-state index is 12.5. The summed E-state index contributed by atoms with van der Waals surface area (Å²) in [6, 6.07) is 8.03. The monoisotopic (exact) mass is 291 g/mol. The zero-order chi connectivity index (χ0) is 15.3. The van der Waals surface area contributed by atoms with Crippen molar-refractivity contribution in [2.24, 2.45) is 11.7 Å². The van der Waals surface area contributed by atoms with E-state index >= 15 is 0 Å². The van der Waals surface area contributed by atoms with Gasteiger partial charge in [-0.3, -0.25) is 4.79 Å². The first kappa shape index (κ1) is 16.0. The quantitative estimate of drug-likeness (QED) is 0.845. The van der Waals surface area contributed by atoms with Crippen molar-refractivity contribution in [2.75, 3.05) is 26.9 Å². The summed E-state index contributed by atoms with van der Waals surface area (Å²) < 4.78 is 10.5. The lowest BCUT2D eigenvalue weighted by Gasteiger charge is -2.35. The molecule has 4 heteroatoms. The Morgan fingerprint density at radius 2 is 2.14 bits per heavy atom. The average Bonchev–Trinajstić information content (AvgIpc) is 2.53. The molecule has 4 nitrogen and oxygen atoms in total. The molecule has 1 aliphatic rings. The van der Waals surface area contributed by atoms with E-state index in [-0.39, 0.29) is 12.5 Å². The molecule has 1 aromatic carbocycles. The van der Waals surface area contributed by atoms with Crippen LogP contribution in [0.15, 0.2) is 24.3 Å². The number of hydrogen-bond acceptors (Lipinski definition) is 4. The van der Waals surface area contributed by atoms with Crippen LogP contribution in [0.4, 0.5) is 0 Å². The van der Waals surface area contributed by atoms with E-state index in [1.807, 2.05) is 31.2 Å². The molecule has 1 atom stereocenters. The largest absolute Gasteiger partial charge is 0.468 e. The zero-order valence-electron chi connectivity index (χ0n) is 12.9. The Bertz CT molecular complexity index is 483. The molecule has 1 fully saturated rings. The summed E-state index contributed by atoms with van der Waals surface area (Å²) >= 11 is 0. The van der Waals surface area contributed by atoms with Gasteiger partial charge in [0.15, 0.2) is 0 Å². The molecule has 1 saturated heterocycles. The Morgan fingerprint density at radius 3 is 2.71 bits per heavy atom. The van der Waals surface area contributed by atoms with Crippen LogP contribution in [0.25, 0.3) is 0 Å². The highest BCUT2D eigenvalue weighted by molar-refractivity contribution is 5.83. The fraction of sp³-hybridized carbons (Fsp3) is 0.588. The van der Waals surface area contributed by atoms with Crippen molar-refractivity contribution in [1.82, 2.24) is 0 Å². The highest BCUT2D eigenvalue weighted by atomic mass is 16.5. The molecule has 1 heterocycles. The summed E-state index contributed by atoms with van der Waals surface area (Å²) in [5.41, 5.74) is 7.39. The van der Waals surface area contributed by atoms with Crippen LogP contribution in [0.2, 0.25) is 0 Å². The lowest BCUT2D eigenvalue weighted by atomic mass is 9.72. The third-order valence-corrected chi connectivity index (χ3v) is 4.47. The van der Waals surface area contributed by atoms with Crippen LogP contribution in [0, 0.1) is 12.8 Å². The summed E-state index contributed by atoms with van der Waals surface area (Å²) in [6.45, 7) is 3.82. The molecule has 0 aliphatic carbocycles. The van der Waals surface area contributed by atoms with Crippen LogP contribution >= 0.6 is 0 Å². The van der Waals surface area contributed by atoms with Gasteiger partial charge in [0.05, 0.1) is 7.11 Å². The number of carbonyl (C=O) groups excluding carboxylic acids is 1. The molecule has 2 rings (SSSR count). The number of ether oxygens (including phenoxy) is 2. The minimum absolute atomic E-state index is 0.234. The number of hydrogen-bond donors (Lipinski definition) is 1. The molecule has 0 saturated carbocycles. The first-order chi connectivity index (χ1) is 10.1. The highest BCUT2D eigenvalue weighted by Crippen LogP contribution is 2.35.